The number of aromatic nitrogens is 1. The van der Waals surface area contributed by atoms with Crippen molar-refractivity contribution >= 4 is 17.6 Å². The maximum absolute atomic E-state index is 12.1. The van der Waals surface area contributed by atoms with E-state index >= 15 is 0 Å². The summed E-state index contributed by atoms with van der Waals surface area (Å²) in [5.74, 6) is -1.07. The number of hydrogen-bond donors (Lipinski definition) is 1. The number of ether oxygens (including phenoxy) is 1. The molecule has 0 bridgehead atoms. The third kappa shape index (κ3) is 4.81. The molecule has 0 radical (unpaired) electrons. The summed E-state index contributed by atoms with van der Waals surface area (Å²) in [4.78, 5) is 35.5. The third-order valence-corrected chi connectivity index (χ3v) is 3.51. The summed E-state index contributed by atoms with van der Waals surface area (Å²) in [5.41, 5.74) is 1.50. The highest BCUT2D eigenvalue weighted by atomic mass is 16.5. The molecule has 1 aromatic carbocycles. The topological polar surface area (TPSA) is 77.4 Å². The minimum Gasteiger partial charge on any atom is -0.451 e. The first-order valence-corrected chi connectivity index (χ1v) is 7.74. The fraction of sp³-hybridized carbons (Fsp3) is 0.278. The molecule has 126 valence electrons. The van der Waals surface area contributed by atoms with E-state index in [1.807, 2.05) is 19.1 Å². The van der Waals surface area contributed by atoms with Gasteiger partial charge in [0.1, 0.15) is 6.54 Å². The van der Waals surface area contributed by atoms with Crippen LogP contribution in [0.3, 0.4) is 0 Å². The Balaban J connectivity index is 1.89. The molecule has 2 aromatic rings. The van der Waals surface area contributed by atoms with Crippen molar-refractivity contribution in [2.45, 2.75) is 32.9 Å². The van der Waals surface area contributed by atoms with E-state index in [4.69, 9.17) is 4.74 Å². The first-order valence-electron chi connectivity index (χ1n) is 7.74. The molecule has 0 saturated carbocycles. The lowest BCUT2D eigenvalue weighted by molar-refractivity contribution is -0.153. The van der Waals surface area contributed by atoms with E-state index in [2.05, 4.69) is 5.32 Å². The summed E-state index contributed by atoms with van der Waals surface area (Å²) >= 11 is 0. The molecular weight excluding hydrogens is 308 g/mol. The molecule has 0 aliphatic rings. The van der Waals surface area contributed by atoms with E-state index in [1.165, 1.54) is 29.3 Å². The van der Waals surface area contributed by atoms with Gasteiger partial charge in [-0.25, -0.2) is 0 Å². The van der Waals surface area contributed by atoms with Crippen molar-refractivity contribution < 1.29 is 14.3 Å². The van der Waals surface area contributed by atoms with Gasteiger partial charge in [0.15, 0.2) is 6.10 Å². The van der Waals surface area contributed by atoms with Gasteiger partial charge in [-0.05, 0) is 37.1 Å². The average Bonchev–Trinajstić information content (AvgIpc) is 2.57. The van der Waals surface area contributed by atoms with Crippen LogP contribution in [-0.4, -0.2) is 22.5 Å². The number of nitrogens with one attached hydrogen (secondary N) is 1. The van der Waals surface area contributed by atoms with Gasteiger partial charge >= 0.3 is 5.97 Å². The van der Waals surface area contributed by atoms with Crippen LogP contribution in [0.2, 0.25) is 0 Å². The molecule has 0 saturated heterocycles. The maximum atomic E-state index is 12.1. The van der Waals surface area contributed by atoms with Crippen molar-refractivity contribution in [2.75, 3.05) is 5.32 Å². The number of aryl methyl sites for hydroxylation is 1. The number of hydrogen-bond acceptors (Lipinski definition) is 4. The van der Waals surface area contributed by atoms with E-state index in [1.54, 1.807) is 24.3 Å². The summed E-state index contributed by atoms with van der Waals surface area (Å²) in [5, 5.41) is 2.69. The molecular formula is C18H20N2O4. The highest BCUT2D eigenvalue weighted by Crippen LogP contribution is 2.11. The summed E-state index contributed by atoms with van der Waals surface area (Å²) in [7, 11) is 0. The highest BCUT2D eigenvalue weighted by Gasteiger charge is 2.18. The van der Waals surface area contributed by atoms with Crippen molar-refractivity contribution in [2.24, 2.45) is 0 Å². The van der Waals surface area contributed by atoms with Gasteiger partial charge in [-0.3, -0.25) is 14.4 Å². The second-order valence-electron chi connectivity index (χ2n) is 5.34. The predicted octanol–water partition coefficient (Wildman–Crippen LogP) is 1.98. The van der Waals surface area contributed by atoms with E-state index in [9.17, 15) is 14.4 Å². The first-order chi connectivity index (χ1) is 11.5. The van der Waals surface area contributed by atoms with Gasteiger partial charge in [0.25, 0.3) is 11.5 Å². The lowest BCUT2D eigenvalue weighted by Crippen LogP contribution is -2.32. The quantitative estimate of drug-likeness (QED) is 0.823. The zero-order valence-corrected chi connectivity index (χ0v) is 13.7. The zero-order valence-electron chi connectivity index (χ0n) is 13.7. The van der Waals surface area contributed by atoms with Gasteiger partial charge in [-0.15, -0.1) is 0 Å². The van der Waals surface area contributed by atoms with Gasteiger partial charge in [-0.2, -0.15) is 0 Å². The average molecular weight is 328 g/mol. The van der Waals surface area contributed by atoms with Crippen LogP contribution in [0.4, 0.5) is 5.69 Å². The molecule has 6 nitrogen and oxygen atoms in total. The van der Waals surface area contributed by atoms with Crippen LogP contribution in [0.25, 0.3) is 0 Å². The van der Waals surface area contributed by atoms with Crippen molar-refractivity contribution in [1.82, 2.24) is 4.57 Å². The Morgan fingerprint density at radius 1 is 1.17 bits per heavy atom. The minimum absolute atomic E-state index is 0.234. The number of pyridine rings is 1. The Bertz CT molecular complexity index is 765. The smallest absolute Gasteiger partial charge is 0.326 e. The van der Waals surface area contributed by atoms with Gasteiger partial charge in [0.05, 0.1) is 0 Å². The van der Waals surface area contributed by atoms with Crippen LogP contribution < -0.4 is 10.9 Å². The van der Waals surface area contributed by atoms with Crippen LogP contribution in [0.15, 0.2) is 53.5 Å². The number of nitrogens with zero attached hydrogens (tertiary/aromatic N) is 1. The summed E-state index contributed by atoms with van der Waals surface area (Å²) in [6.07, 6.45) is 1.45. The normalized spacial score (nSPS) is 11.6. The van der Waals surface area contributed by atoms with Crippen molar-refractivity contribution in [3.05, 3.63) is 64.6 Å². The predicted molar refractivity (Wildman–Crippen MR) is 90.7 cm³/mol. The molecule has 6 heteroatoms. The second kappa shape index (κ2) is 8.10. The Labute approximate surface area is 140 Å². The minimum atomic E-state index is -0.956. The molecule has 1 heterocycles. The van der Waals surface area contributed by atoms with Gasteiger partial charge in [0, 0.05) is 18.0 Å². The van der Waals surface area contributed by atoms with E-state index in [-0.39, 0.29) is 12.1 Å². The SMILES string of the molecule is CCc1ccc(NC(=O)[C@@H](C)OC(=O)Cn2ccccc2=O)cc1. The van der Waals surface area contributed by atoms with E-state index < -0.39 is 18.0 Å². The lowest BCUT2D eigenvalue weighted by atomic mass is 10.1. The van der Waals surface area contributed by atoms with Crippen LogP contribution in [-0.2, 0) is 27.3 Å². The Morgan fingerprint density at radius 2 is 1.88 bits per heavy atom. The number of carbonyl (C=O) groups excluding carboxylic acids is 2. The number of carbonyl (C=O) groups is 2. The van der Waals surface area contributed by atoms with Gasteiger partial charge in [0.2, 0.25) is 0 Å². The number of benzene rings is 1. The fourth-order valence-electron chi connectivity index (χ4n) is 2.09. The monoisotopic (exact) mass is 328 g/mol. The molecule has 0 spiro atoms. The number of amides is 1. The lowest BCUT2D eigenvalue weighted by Gasteiger charge is -2.14. The van der Waals surface area contributed by atoms with Crippen molar-refractivity contribution in [1.29, 1.82) is 0 Å². The third-order valence-electron chi connectivity index (χ3n) is 3.51. The molecule has 1 N–H and O–H groups in total. The van der Waals surface area contributed by atoms with Crippen molar-refractivity contribution in [3.63, 3.8) is 0 Å². The van der Waals surface area contributed by atoms with Gasteiger partial charge < -0.3 is 14.6 Å². The maximum Gasteiger partial charge on any atom is 0.326 e. The summed E-state index contributed by atoms with van der Waals surface area (Å²) < 4.78 is 6.30. The number of esters is 1. The summed E-state index contributed by atoms with van der Waals surface area (Å²) in [6.45, 7) is 3.30. The number of anilines is 1. The van der Waals surface area contributed by atoms with Crippen LogP contribution in [0.1, 0.15) is 19.4 Å². The second-order valence-corrected chi connectivity index (χ2v) is 5.34. The fourth-order valence-corrected chi connectivity index (χ4v) is 2.09. The number of rotatable bonds is 6. The van der Waals surface area contributed by atoms with Crippen LogP contribution in [0, 0.1) is 0 Å². The van der Waals surface area contributed by atoms with Crippen molar-refractivity contribution in [3.8, 4) is 0 Å². The molecule has 1 atom stereocenters. The Hall–Kier alpha value is -2.89. The van der Waals surface area contributed by atoms with Gasteiger partial charge in [-0.1, -0.05) is 25.1 Å². The van der Waals surface area contributed by atoms with E-state index in [0.29, 0.717) is 5.69 Å². The molecule has 2 rings (SSSR count). The molecule has 1 aromatic heterocycles. The highest BCUT2D eigenvalue weighted by molar-refractivity contribution is 5.95. The largest absolute Gasteiger partial charge is 0.451 e. The Kier molecular flexibility index (Phi) is 5.89. The molecule has 1 amide bonds. The standard InChI is InChI=1S/C18H20N2O4/c1-3-14-7-9-15(10-8-14)19-18(23)13(2)24-17(22)12-20-11-5-4-6-16(20)21/h4-11,13H,3,12H2,1-2H3,(H,19,23)/t13-/m1/s1. The molecule has 0 fully saturated rings. The molecule has 0 aliphatic heterocycles. The Morgan fingerprint density at radius 3 is 2.50 bits per heavy atom. The molecule has 0 aliphatic carbocycles. The summed E-state index contributed by atoms with van der Waals surface area (Å²) in [6, 6.07) is 12.0. The first kappa shape index (κ1) is 17.5. The molecule has 24 heavy (non-hydrogen) atoms. The van der Waals surface area contributed by atoms with E-state index in [0.717, 1.165) is 6.42 Å². The zero-order chi connectivity index (χ0) is 17.5. The molecule has 0 unspecified atom stereocenters. The van der Waals surface area contributed by atoms with Crippen LogP contribution >= 0.6 is 0 Å². The van der Waals surface area contributed by atoms with Crippen LogP contribution in [0.5, 0.6) is 0 Å².